The number of aromatic nitrogens is 2. The van der Waals surface area contributed by atoms with Gasteiger partial charge in [0.05, 0.1) is 12.4 Å². The molecule has 1 aromatic heterocycles. The first-order valence-corrected chi connectivity index (χ1v) is 6.14. The van der Waals surface area contributed by atoms with Crippen molar-refractivity contribution in [2.45, 2.75) is 43.9 Å². The van der Waals surface area contributed by atoms with Gasteiger partial charge in [-0.2, -0.15) is 0 Å². The summed E-state index contributed by atoms with van der Waals surface area (Å²) < 4.78 is 1.48. The Morgan fingerprint density at radius 3 is 2.59 bits per heavy atom. The molecule has 2 aliphatic heterocycles. The molecular formula is C12H17N3O2. The van der Waals surface area contributed by atoms with E-state index in [9.17, 15) is 9.90 Å². The Morgan fingerprint density at radius 1 is 1.35 bits per heavy atom. The SMILES string of the molecule is Cn1cnc(N2C3CCC2CC(O)C3)cc1=O. The van der Waals surface area contributed by atoms with E-state index in [1.54, 1.807) is 19.4 Å². The van der Waals surface area contributed by atoms with Gasteiger partial charge < -0.3 is 14.6 Å². The van der Waals surface area contributed by atoms with E-state index in [0.29, 0.717) is 12.1 Å². The van der Waals surface area contributed by atoms with Crippen LogP contribution in [0.15, 0.2) is 17.2 Å². The molecular weight excluding hydrogens is 218 g/mol. The lowest BCUT2D eigenvalue weighted by molar-refractivity contribution is 0.126. The molecule has 2 aliphatic rings. The minimum absolute atomic E-state index is 0.0273. The average molecular weight is 235 g/mol. The zero-order valence-corrected chi connectivity index (χ0v) is 9.91. The van der Waals surface area contributed by atoms with Crippen LogP contribution in [0.3, 0.4) is 0 Å². The summed E-state index contributed by atoms with van der Waals surface area (Å²) in [5, 5.41) is 9.74. The lowest BCUT2D eigenvalue weighted by Gasteiger charge is -2.37. The minimum Gasteiger partial charge on any atom is -0.393 e. The molecule has 1 aromatic rings. The third kappa shape index (κ3) is 1.74. The van der Waals surface area contributed by atoms with E-state index in [4.69, 9.17) is 0 Å². The standard InChI is InChI=1S/C12H17N3O2/c1-14-7-13-11(6-12(14)17)15-8-2-3-9(15)5-10(16)4-8/h6-10,16H,2-5H2,1H3. The van der Waals surface area contributed by atoms with Crippen molar-refractivity contribution in [3.8, 4) is 0 Å². The first-order chi connectivity index (χ1) is 8.15. The Labute approximate surface area is 99.7 Å². The van der Waals surface area contributed by atoms with E-state index in [1.807, 2.05) is 0 Å². The first kappa shape index (κ1) is 10.8. The van der Waals surface area contributed by atoms with Gasteiger partial charge in [-0.25, -0.2) is 4.98 Å². The third-order valence-electron chi connectivity index (χ3n) is 3.94. The Hall–Kier alpha value is -1.36. The molecule has 0 spiro atoms. The number of hydrogen-bond acceptors (Lipinski definition) is 4. The number of aliphatic hydroxyl groups is 1. The quantitative estimate of drug-likeness (QED) is 0.759. The van der Waals surface area contributed by atoms with Crippen molar-refractivity contribution in [2.75, 3.05) is 4.90 Å². The number of fused-ring (bicyclic) bond motifs is 2. The van der Waals surface area contributed by atoms with E-state index in [-0.39, 0.29) is 11.7 Å². The van der Waals surface area contributed by atoms with Crippen molar-refractivity contribution >= 4 is 5.82 Å². The molecule has 2 fully saturated rings. The molecule has 0 aliphatic carbocycles. The van der Waals surface area contributed by atoms with Crippen LogP contribution in [0, 0.1) is 0 Å². The summed E-state index contributed by atoms with van der Waals surface area (Å²) in [5.41, 5.74) is -0.0273. The molecule has 5 heteroatoms. The molecule has 3 rings (SSSR count). The van der Waals surface area contributed by atoms with Gasteiger partial charge in [-0.1, -0.05) is 0 Å². The summed E-state index contributed by atoms with van der Waals surface area (Å²) in [5.74, 6) is 0.771. The maximum Gasteiger partial charge on any atom is 0.255 e. The van der Waals surface area contributed by atoms with Crippen molar-refractivity contribution in [3.05, 3.63) is 22.7 Å². The van der Waals surface area contributed by atoms with Crippen LogP contribution in [0.25, 0.3) is 0 Å². The molecule has 0 radical (unpaired) electrons. The number of hydrogen-bond donors (Lipinski definition) is 1. The third-order valence-corrected chi connectivity index (χ3v) is 3.94. The van der Waals surface area contributed by atoms with Gasteiger partial charge in [-0.15, -0.1) is 0 Å². The second-order valence-electron chi connectivity index (χ2n) is 5.11. The lowest BCUT2D eigenvalue weighted by Crippen LogP contribution is -2.45. The predicted molar refractivity (Wildman–Crippen MR) is 64.0 cm³/mol. The normalized spacial score (nSPS) is 31.9. The van der Waals surface area contributed by atoms with Gasteiger partial charge >= 0.3 is 0 Å². The molecule has 0 aromatic carbocycles. The average Bonchev–Trinajstić information content (AvgIpc) is 2.55. The maximum absolute atomic E-state index is 11.6. The summed E-state index contributed by atoms with van der Waals surface area (Å²) in [6.45, 7) is 0. The van der Waals surface area contributed by atoms with Gasteiger partial charge in [0.1, 0.15) is 5.82 Å². The molecule has 17 heavy (non-hydrogen) atoms. The lowest BCUT2D eigenvalue weighted by atomic mass is 10.00. The van der Waals surface area contributed by atoms with Crippen LogP contribution in [0.2, 0.25) is 0 Å². The molecule has 92 valence electrons. The van der Waals surface area contributed by atoms with E-state index in [0.717, 1.165) is 31.5 Å². The zero-order chi connectivity index (χ0) is 12.0. The fourth-order valence-corrected chi connectivity index (χ4v) is 3.12. The number of rotatable bonds is 1. The van der Waals surface area contributed by atoms with E-state index in [1.165, 1.54) is 4.57 Å². The number of aryl methyl sites for hydroxylation is 1. The number of nitrogens with zero attached hydrogens (tertiary/aromatic N) is 3. The highest BCUT2D eigenvalue weighted by molar-refractivity contribution is 5.42. The van der Waals surface area contributed by atoms with Crippen LogP contribution in [0.4, 0.5) is 5.82 Å². The highest BCUT2D eigenvalue weighted by atomic mass is 16.3. The largest absolute Gasteiger partial charge is 0.393 e. The van der Waals surface area contributed by atoms with Gasteiger partial charge in [-0.05, 0) is 25.7 Å². The molecule has 5 nitrogen and oxygen atoms in total. The highest BCUT2D eigenvalue weighted by Crippen LogP contribution is 2.37. The van der Waals surface area contributed by atoms with E-state index < -0.39 is 0 Å². The maximum atomic E-state index is 11.6. The van der Waals surface area contributed by atoms with E-state index >= 15 is 0 Å². The topological polar surface area (TPSA) is 58.4 Å². The fourth-order valence-electron chi connectivity index (χ4n) is 3.12. The molecule has 3 heterocycles. The molecule has 2 atom stereocenters. The Bertz CT molecular complexity index is 471. The van der Waals surface area contributed by atoms with Crippen LogP contribution in [-0.2, 0) is 7.05 Å². The minimum atomic E-state index is -0.185. The monoisotopic (exact) mass is 235 g/mol. The molecule has 0 amide bonds. The summed E-state index contributed by atoms with van der Waals surface area (Å²) in [7, 11) is 1.70. The Morgan fingerprint density at radius 2 is 2.00 bits per heavy atom. The summed E-state index contributed by atoms with van der Waals surface area (Å²) in [6, 6.07) is 2.30. The summed E-state index contributed by atoms with van der Waals surface area (Å²) in [4.78, 5) is 18.2. The van der Waals surface area contributed by atoms with Crippen LogP contribution in [-0.4, -0.2) is 32.8 Å². The van der Waals surface area contributed by atoms with Gasteiger partial charge in [0.15, 0.2) is 0 Å². The predicted octanol–water partition coefficient (Wildman–Crippen LogP) is 0.272. The Balaban J connectivity index is 1.94. The van der Waals surface area contributed by atoms with Crippen molar-refractivity contribution in [2.24, 2.45) is 7.05 Å². The van der Waals surface area contributed by atoms with Gasteiger partial charge in [-0.3, -0.25) is 4.79 Å². The molecule has 1 N–H and O–H groups in total. The van der Waals surface area contributed by atoms with Gasteiger partial charge in [0, 0.05) is 25.2 Å². The number of anilines is 1. The second kappa shape index (κ2) is 3.84. The molecule has 2 bridgehead atoms. The van der Waals surface area contributed by atoms with Crippen LogP contribution in [0.1, 0.15) is 25.7 Å². The van der Waals surface area contributed by atoms with Crippen LogP contribution >= 0.6 is 0 Å². The Kier molecular flexibility index (Phi) is 2.43. The first-order valence-electron chi connectivity index (χ1n) is 6.14. The van der Waals surface area contributed by atoms with Gasteiger partial charge in [0.25, 0.3) is 5.56 Å². The highest BCUT2D eigenvalue weighted by Gasteiger charge is 2.40. The van der Waals surface area contributed by atoms with Crippen molar-refractivity contribution in [1.82, 2.24) is 9.55 Å². The van der Waals surface area contributed by atoms with Crippen LogP contribution in [0.5, 0.6) is 0 Å². The zero-order valence-electron chi connectivity index (χ0n) is 9.91. The molecule has 2 saturated heterocycles. The second-order valence-corrected chi connectivity index (χ2v) is 5.11. The summed E-state index contributed by atoms with van der Waals surface area (Å²) >= 11 is 0. The molecule has 2 unspecified atom stereocenters. The van der Waals surface area contributed by atoms with Crippen molar-refractivity contribution in [3.63, 3.8) is 0 Å². The number of aliphatic hydroxyl groups excluding tert-OH is 1. The van der Waals surface area contributed by atoms with Crippen molar-refractivity contribution in [1.29, 1.82) is 0 Å². The molecule has 0 saturated carbocycles. The van der Waals surface area contributed by atoms with Gasteiger partial charge in [0.2, 0.25) is 0 Å². The van der Waals surface area contributed by atoms with Crippen molar-refractivity contribution < 1.29 is 5.11 Å². The number of piperidine rings is 1. The van der Waals surface area contributed by atoms with Crippen LogP contribution < -0.4 is 10.5 Å². The fraction of sp³-hybridized carbons (Fsp3) is 0.667. The smallest absolute Gasteiger partial charge is 0.255 e. The summed E-state index contributed by atoms with van der Waals surface area (Å²) in [6.07, 6.45) is 5.18. The van der Waals surface area contributed by atoms with E-state index in [2.05, 4.69) is 9.88 Å².